The number of carboxylic acid groups (broad SMARTS) is 1. The highest BCUT2D eigenvalue weighted by Gasteiger charge is 2.31. The zero-order valence-electron chi connectivity index (χ0n) is 10.4. The van der Waals surface area contributed by atoms with E-state index in [4.69, 9.17) is 9.84 Å². The van der Waals surface area contributed by atoms with Gasteiger partial charge in [0.25, 0.3) is 0 Å². The SMILES string of the molecule is CC(O)(C(=O)O)c1ccc(Oc2ccccc2)cc1. The molecule has 0 aliphatic rings. The van der Waals surface area contributed by atoms with Crippen LogP contribution in [0, 0.1) is 0 Å². The second kappa shape index (κ2) is 5.12. The molecule has 0 saturated carbocycles. The fraction of sp³-hybridized carbons (Fsp3) is 0.133. The van der Waals surface area contributed by atoms with Crippen molar-refractivity contribution in [3.63, 3.8) is 0 Å². The molecule has 4 nitrogen and oxygen atoms in total. The summed E-state index contributed by atoms with van der Waals surface area (Å²) in [6, 6.07) is 15.6. The quantitative estimate of drug-likeness (QED) is 0.884. The molecule has 0 bridgehead atoms. The molecule has 0 aliphatic carbocycles. The zero-order valence-corrected chi connectivity index (χ0v) is 10.4. The summed E-state index contributed by atoms with van der Waals surface area (Å²) in [4.78, 5) is 10.9. The fourth-order valence-corrected chi connectivity index (χ4v) is 1.60. The third-order valence-corrected chi connectivity index (χ3v) is 2.81. The molecule has 0 aromatic heterocycles. The van der Waals surface area contributed by atoms with Crippen LogP contribution in [0.3, 0.4) is 0 Å². The summed E-state index contributed by atoms with van der Waals surface area (Å²) in [5, 5.41) is 18.7. The Labute approximate surface area is 110 Å². The van der Waals surface area contributed by atoms with Crippen LogP contribution in [-0.4, -0.2) is 16.2 Å². The highest BCUT2D eigenvalue weighted by atomic mass is 16.5. The molecule has 1 unspecified atom stereocenters. The van der Waals surface area contributed by atoms with Crippen molar-refractivity contribution in [2.45, 2.75) is 12.5 Å². The third kappa shape index (κ3) is 2.92. The minimum absolute atomic E-state index is 0.306. The van der Waals surface area contributed by atoms with E-state index < -0.39 is 11.6 Å². The van der Waals surface area contributed by atoms with Gasteiger partial charge in [0.2, 0.25) is 0 Å². The Bertz CT molecular complexity index is 558. The van der Waals surface area contributed by atoms with E-state index in [1.54, 1.807) is 12.1 Å². The molecule has 2 aromatic carbocycles. The van der Waals surface area contributed by atoms with Crippen LogP contribution in [0.5, 0.6) is 11.5 Å². The maximum Gasteiger partial charge on any atom is 0.340 e. The molecule has 4 heteroatoms. The van der Waals surface area contributed by atoms with Crippen LogP contribution in [0.25, 0.3) is 0 Å². The van der Waals surface area contributed by atoms with E-state index in [9.17, 15) is 9.90 Å². The van der Waals surface area contributed by atoms with Gasteiger partial charge in [-0.3, -0.25) is 0 Å². The number of hydrogen-bond donors (Lipinski definition) is 2. The van der Waals surface area contributed by atoms with Gasteiger partial charge >= 0.3 is 5.97 Å². The summed E-state index contributed by atoms with van der Waals surface area (Å²) in [7, 11) is 0. The van der Waals surface area contributed by atoms with Crippen molar-refractivity contribution >= 4 is 5.97 Å². The number of carbonyl (C=O) groups is 1. The van der Waals surface area contributed by atoms with Gasteiger partial charge < -0.3 is 14.9 Å². The number of benzene rings is 2. The molecular weight excluding hydrogens is 244 g/mol. The molecule has 2 rings (SSSR count). The number of carboxylic acids is 1. The molecule has 19 heavy (non-hydrogen) atoms. The largest absolute Gasteiger partial charge is 0.479 e. The lowest BCUT2D eigenvalue weighted by atomic mass is 9.96. The average molecular weight is 258 g/mol. The molecule has 2 N–H and O–H groups in total. The molecule has 1 atom stereocenters. The lowest BCUT2D eigenvalue weighted by Crippen LogP contribution is -2.31. The van der Waals surface area contributed by atoms with Crippen molar-refractivity contribution in [3.05, 3.63) is 60.2 Å². The van der Waals surface area contributed by atoms with Gasteiger partial charge in [0.15, 0.2) is 5.60 Å². The first-order valence-corrected chi connectivity index (χ1v) is 5.79. The Hall–Kier alpha value is -2.33. The first kappa shape index (κ1) is 13.1. The van der Waals surface area contributed by atoms with Gasteiger partial charge in [-0.15, -0.1) is 0 Å². The van der Waals surface area contributed by atoms with E-state index in [1.807, 2.05) is 30.3 Å². The average Bonchev–Trinajstić information content (AvgIpc) is 2.40. The number of para-hydroxylation sites is 1. The van der Waals surface area contributed by atoms with Gasteiger partial charge in [0.1, 0.15) is 11.5 Å². The number of ether oxygens (including phenoxy) is 1. The van der Waals surface area contributed by atoms with E-state index in [-0.39, 0.29) is 0 Å². The van der Waals surface area contributed by atoms with Crippen LogP contribution in [0.4, 0.5) is 0 Å². The van der Waals surface area contributed by atoms with Gasteiger partial charge in [-0.2, -0.15) is 0 Å². The van der Waals surface area contributed by atoms with Crippen molar-refractivity contribution in [2.75, 3.05) is 0 Å². The number of hydrogen-bond acceptors (Lipinski definition) is 3. The van der Waals surface area contributed by atoms with Crippen molar-refractivity contribution in [3.8, 4) is 11.5 Å². The summed E-state index contributed by atoms with van der Waals surface area (Å²) in [6.45, 7) is 1.24. The zero-order chi connectivity index (χ0) is 13.9. The molecule has 0 spiro atoms. The highest BCUT2D eigenvalue weighted by molar-refractivity contribution is 5.78. The van der Waals surface area contributed by atoms with Crippen LogP contribution in [0.1, 0.15) is 12.5 Å². The van der Waals surface area contributed by atoms with Crippen LogP contribution in [-0.2, 0) is 10.4 Å². The highest BCUT2D eigenvalue weighted by Crippen LogP contribution is 2.26. The maximum atomic E-state index is 10.9. The second-order valence-electron chi connectivity index (χ2n) is 4.32. The monoisotopic (exact) mass is 258 g/mol. The summed E-state index contributed by atoms with van der Waals surface area (Å²) in [5.41, 5.74) is -1.59. The Morgan fingerprint density at radius 3 is 2.05 bits per heavy atom. The summed E-state index contributed by atoms with van der Waals surface area (Å²) >= 11 is 0. The maximum absolute atomic E-state index is 10.9. The van der Waals surface area contributed by atoms with Crippen molar-refractivity contribution in [1.29, 1.82) is 0 Å². The first-order chi connectivity index (χ1) is 9.00. The van der Waals surface area contributed by atoms with E-state index in [0.717, 1.165) is 0 Å². The molecular formula is C15H14O4. The van der Waals surface area contributed by atoms with Crippen molar-refractivity contribution in [2.24, 2.45) is 0 Å². The molecule has 0 heterocycles. The minimum atomic E-state index is -1.90. The van der Waals surface area contributed by atoms with Gasteiger partial charge in [-0.1, -0.05) is 30.3 Å². The van der Waals surface area contributed by atoms with Crippen LogP contribution in [0.15, 0.2) is 54.6 Å². The standard InChI is InChI=1S/C15H14O4/c1-15(18,14(16)17)11-7-9-13(10-8-11)19-12-5-3-2-4-6-12/h2-10,18H,1H3,(H,16,17). The normalized spacial score (nSPS) is 13.6. The summed E-state index contributed by atoms with van der Waals surface area (Å²) in [6.07, 6.45) is 0. The van der Waals surface area contributed by atoms with Crippen molar-refractivity contribution in [1.82, 2.24) is 0 Å². The van der Waals surface area contributed by atoms with E-state index >= 15 is 0 Å². The summed E-state index contributed by atoms with van der Waals surface area (Å²) < 4.78 is 5.58. The molecule has 0 saturated heterocycles. The molecule has 0 fully saturated rings. The van der Waals surface area contributed by atoms with Gasteiger partial charge in [0.05, 0.1) is 0 Å². The van der Waals surface area contributed by atoms with E-state index in [0.29, 0.717) is 17.1 Å². The lowest BCUT2D eigenvalue weighted by molar-refractivity contribution is -0.157. The molecule has 2 aromatic rings. The molecule has 98 valence electrons. The van der Waals surface area contributed by atoms with Crippen molar-refractivity contribution < 1.29 is 19.7 Å². The van der Waals surface area contributed by atoms with Crippen LogP contribution < -0.4 is 4.74 Å². The van der Waals surface area contributed by atoms with Gasteiger partial charge in [-0.05, 0) is 36.8 Å². The third-order valence-electron chi connectivity index (χ3n) is 2.81. The predicted octanol–water partition coefficient (Wildman–Crippen LogP) is 2.77. The number of aliphatic hydroxyl groups is 1. The minimum Gasteiger partial charge on any atom is -0.479 e. The van der Waals surface area contributed by atoms with Gasteiger partial charge in [-0.25, -0.2) is 4.79 Å². The second-order valence-corrected chi connectivity index (χ2v) is 4.32. The molecule has 0 amide bonds. The lowest BCUT2D eigenvalue weighted by Gasteiger charge is -2.18. The van der Waals surface area contributed by atoms with Crippen LogP contribution >= 0.6 is 0 Å². The van der Waals surface area contributed by atoms with E-state index in [1.165, 1.54) is 19.1 Å². The Balaban J connectivity index is 2.18. The number of aliphatic carboxylic acids is 1. The fourth-order valence-electron chi connectivity index (χ4n) is 1.60. The Morgan fingerprint density at radius 2 is 1.53 bits per heavy atom. The van der Waals surface area contributed by atoms with E-state index in [2.05, 4.69) is 0 Å². The number of rotatable bonds is 4. The topological polar surface area (TPSA) is 66.8 Å². The van der Waals surface area contributed by atoms with Crippen LogP contribution in [0.2, 0.25) is 0 Å². The molecule has 0 aliphatic heterocycles. The Morgan fingerprint density at radius 1 is 1.00 bits per heavy atom. The Kier molecular flexibility index (Phi) is 3.53. The predicted molar refractivity (Wildman–Crippen MR) is 70.2 cm³/mol. The van der Waals surface area contributed by atoms with Gasteiger partial charge in [0, 0.05) is 0 Å². The molecule has 0 radical (unpaired) electrons. The smallest absolute Gasteiger partial charge is 0.340 e. The summed E-state index contributed by atoms with van der Waals surface area (Å²) in [5.74, 6) is -0.0133. The first-order valence-electron chi connectivity index (χ1n) is 5.79.